The molecular weight excluding hydrogens is 358 g/mol. The quantitative estimate of drug-likeness (QED) is 0.656. The Bertz CT molecular complexity index is 1040. The first-order chi connectivity index (χ1) is 13.4. The van der Waals surface area contributed by atoms with Crippen molar-refractivity contribution in [3.05, 3.63) is 53.3 Å². The van der Waals surface area contributed by atoms with Crippen LogP contribution in [0.1, 0.15) is 29.5 Å². The maximum atomic E-state index is 13.0. The number of rotatable bonds is 3. The van der Waals surface area contributed by atoms with Crippen molar-refractivity contribution in [2.75, 3.05) is 10.2 Å². The molecule has 2 heterocycles. The summed E-state index contributed by atoms with van der Waals surface area (Å²) < 4.78 is 4.93. The maximum absolute atomic E-state index is 13.0. The second-order valence-electron chi connectivity index (χ2n) is 7.80. The Morgan fingerprint density at radius 1 is 1.14 bits per heavy atom. The van der Waals surface area contributed by atoms with Crippen molar-refractivity contribution in [1.82, 2.24) is 5.16 Å². The van der Waals surface area contributed by atoms with E-state index in [1.807, 2.05) is 6.92 Å². The molecule has 2 bridgehead atoms. The van der Waals surface area contributed by atoms with Crippen LogP contribution in [0, 0.1) is 30.6 Å². The number of hydrogen-bond acceptors (Lipinski definition) is 5. The molecule has 7 nitrogen and oxygen atoms in total. The van der Waals surface area contributed by atoms with Crippen molar-refractivity contribution >= 4 is 29.2 Å². The molecule has 1 aromatic carbocycles. The minimum Gasteiger partial charge on any atom is -0.360 e. The highest BCUT2D eigenvalue weighted by Gasteiger charge is 2.60. The van der Waals surface area contributed by atoms with Gasteiger partial charge in [-0.25, -0.2) is 0 Å². The van der Waals surface area contributed by atoms with Crippen LogP contribution in [0.4, 0.5) is 11.5 Å². The number of allylic oxidation sites excluding steroid dienone is 2. The minimum absolute atomic E-state index is 0.120. The SMILES string of the molecule is CC1=C[C@@H]2C[C@H]1[C@@H]1C(=O)N(c3ccc(C(=O)Nc4cc(C)on4)cc3)C(=O)[C@H]12. The lowest BCUT2D eigenvalue weighted by Crippen LogP contribution is -2.33. The Morgan fingerprint density at radius 2 is 1.86 bits per heavy atom. The highest BCUT2D eigenvalue weighted by Crippen LogP contribution is 2.55. The van der Waals surface area contributed by atoms with E-state index in [-0.39, 0.29) is 41.4 Å². The van der Waals surface area contributed by atoms with Crippen molar-refractivity contribution in [1.29, 1.82) is 0 Å². The molecule has 1 N–H and O–H groups in total. The van der Waals surface area contributed by atoms with Crippen molar-refractivity contribution in [3.8, 4) is 0 Å². The fourth-order valence-electron chi connectivity index (χ4n) is 4.90. The van der Waals surface area contributed by atoms with Gasteiger partial charge in [0.1, 0.15) is 5.76 Å². The second-order valence-corrected chi connectivity index (χ2v) is 7.80. The van der Waals surface area contributed by atoms with E-state index in [0.717, 1.165) is 6.42 Å². The number of hydrogen-bond donors (Lipinski definition) is 1. The molecule has 1 aromatic heterocycles. The van der Waals surface area contributed by atoms with E-state index in [1.54, 1.807) is 37.3 Å². The summed E-state index contributed by atoms with van der Waals surface area (Å²) in [5, 5.41) is 6.38. The van der Waals surface area contributed by atoms with Gasteiger partial charge in [-0.2, -0.15) is 0 Å². The Balaban J connectivity index is 1.36. The van der Waals surface area contributed by atoms with Gasteiger partial charge >= 0.3 is 0 Å². The molecule has 1 saturated heterocycles. The number of nitrogens with one attached hydrogen (secondary N) is 1. The van der Waals surface area contributed by atoms with Gasteiger partial charge in [0, 0.05) is 11.6 Å². The number of fused-ring (bicyclic) bond motifs is 5. The molecule has 1 saturated carbocycles. The smallest absolute Gasteiger partial charge is 0.256 e. The number of amides is 3. The lowest BCUT2D eigenvalue weighted by atomic mass is 9.82. The standard InChI is InChI=1S/C21H19N3O4/c1-10-7-13-9-15(10)18-17(13)20(26)24(21(18)27)14-5-3-12(4-6-14)19(25)22-16-8-11(2)28-23-16/h3-8,13,15,17-18H,9H2,1-2H3,(H,22,23,25)/t13-,15-,17+,18+/m1/s1. The van der Waals surface area contributed by atoms with Gasteiger partial charge in [-0.05, 0) is 56.4 Å². The zero-order chi connectivity index (χ0) is 19.6. The molecular formula is C21H19N3O4. The van der Waals surface area contributed by atoms with Gasteiger partial charge in [-0.3, -0.25) is 19.3 Å². The van der Waals surface area contributed by atoms with Crippen LogP contribution in [-0.4, -0.2) is 22.9 Å². The summed E-state index contributed by atoms with van der Waals surface area (Å²) in [5.74, 6) is 0.240. The molecule has 1 aliphatic heterocycles. The predicted molar refractivity (Wildman–Crippen MR) is 100 cm³/mol. The van der Waals surface area contributed by atoms with Gasteiger partial charge in [-0.15, -0.1) is 0 Å². The van der Waals surface area contributed by atoms with E-state index in [4.69, 9.17) is 4.52 Å². The average Bonchev–Trinajstić information content (AvgIpc) is 3.40. The number of nitrogens with zero attached hydrogens (tertiary/aromatic N) is 2. The summed E-state index contributed by atoms with van der Waals surface area (Å²) in [6, 6.07) is 8.11. The third-order valence-electron chi connectivity index (χ3n) is 6.14. The molecule has 0 radical (unpaired) electrons. The topological polar surface area (TPSA) is 92.5 Å². The minimum atomic E-state index is -0.339. The number of anilines is 2. The van der Waals surface area contributed by atoms with Crippen molar-refractivity contribution in [2.45, 2.75) is 20.3 Å². The molecule has 3 amide bonds. The van der Waals surface area contributed by atoms with Crippen LogP contribution in [0.2, 0.25) is 0 Å². The van der Waals surface area contributed by atoms with Crippen LogP contribution in [0.3, 0.4) is 0 Å². The number of imide groups is 1. The molecule has 4 atom stereocenters. The van der Waals surface area contributed by atoms with Crippen LogP contribution < -0.4 is 10.2 Å². The first kappa shape index (κ1) is 16.9. The zero-order valence-electron chi connectivity index (χ0n) is 15.5. The summed E-state index contributed by atoms with van der Waals surface area (Å²) >= 11 is 0. The molecule has 142 valence electrons. The summed E-state index contributed by atoms with van der Waals surface area (Å²) in [6.07, 6.45) is 3.06. The predicted octanol–water partition coefficient (Wildman–Crippen LogP) is 2.94. The van der Waals surface area contributed by atoms with Crippen LogP contribution in [0.15, 0.2) is 46.5 Å². The first-order valence-electron chi connectivity index (χ1n) is 9.35. The highest BCUT2D eigenvalue weighted by molar-refractivity contribution is 6.23. The summed E-state index contributed by atoms with van der Waals surface area (Å²) in [7, 11) is 0. The normalized spacial score (nSPS) is 27.9. The molecule has 2 aromatic rings. The summed E-state index contributed by atoms with van der Waals surface area (Å²) in [5.41, 5.74) is 2.14. The summed E-state index contributed by atoms with van der Waals surface area (Å²) in [4.78, 5) is 39.5. The Labute approximate surface area is 161 Å². The van der Waals surface area contributed by atoms with Gasteiger partial charge < -0.3 is 9.84 Å². The third-order valence-corrected chi connectivity index (χ3v) is 6.14. The molecule has 3 aliphatic rings. The Hall–Kier alpha value is -3.22. The van der Waals surface area contributed by atoms with Crippen LogP contribution >= 0.6 is 0 Å². The largest absolute Gasteiger partial charge is 0.360 e. The average molecular weight is 377 g/mol. The first-order valence-corrected chi connectivity index (χ1v) is 9.35. The Kier molecular flexibility index (Phi) is 3.56. The molecule has 2 aliphatic carbocycles. The second kappa shape index (κ2) is 5.89. The van der Waals surface area contributed by atoms with Crippen LogP contribution in [0.5, 0.6) is 0 Å². The van der Waals surface area contributed by atoms with E-state index in [2.05, 4.69) is 16.5 Å². The fourth-order valence-corrected chi connectivity index (χ4v) is 4.90. The number of carbonyl (C=O) groups excluding carboxylic acids is 3. The lowest BCUT2D eigenvalue weighted by molar-refractivity contribution is -0.123. The zero-order valence-corrected chi connectivity index (χ0v) is 15.5. The third kappa shape index (κ3) is 2.35. The van der Waals surface area contributed by atoms with Gasteiger partial charge in [0.2, 0.25) is 11.8 Å². The number of carbonyl (C=O) groups is 3. The van der Waals surface area contributed by atoms with E-state index >= 15 is 0 Å². The van der Waals surface area contributed by atoms with Gasteiger partial charge in [-0.1, -0.05) is 16.8 Å². The van der Waals surface area contributed by atoms with Crippen molar-refractivity contribution in [2.24, 2.45) is 23.7 Å². The lowest BCUT2D eigenvalue weighted by Gasteiger charge is -2.19. The highest BCUT2D eigenvalue weighted by atomic mass is 16.5. The molecule has 2 fully saturated rings. The number of benzene rings is 1. The maximum Gasteiger partial charge on any atom is 0.256 e. The van der Waals surface area contributed by atoms with E-state index < -0.39 is 0 Å². The molecule has 7 heteroatoms. The fraction of sp³-hybridized carbons (Fsp3) is 0.333. The Morgan fingerprint density at radius 3 is 2.54 bits per heavy atom. The number of aromatic nitrogens is 1. The molecule has 0 unspecified atom stereocenters. The van der Waals surface area contributed by atoms with Crippen molar-refractivity contribution in [3.63, 3.8) is 0 Å². The molecule has 5 rings (SSSR count). The van der Waals surface area contributed by atoms with E-state index in [0.29, 0.717) is 22.8 Å². The monoisotopic (exact) mass is 377 g/mol. The molecule has 28 heavy (non-hydrogen) atoms. The van der Waals surface area contributed by atoms with Crippen LogP contribution in [0.25, 0.3) is 0 Å². The van der Waals surface area contributed by atoms with Gasteiger partial charge in [0.15, 0.2) is 5.82 Å². The van der Waals surface area contributed by atoms with E-state index in [9.17, 15) is 14.4 Å². The van der Waals surface area contributed by atoms with Gasteiger partial charge in [0.05, 0.1) is 17.5 Å². The van der Waals surface area contributed by atoms with Gasteiger partial charge in [0.25, 0.3) is 5.91 Å². The summed E-state index contributed by atoms with van der Waals surface area (Å²) in [6.45, 7) is 3.78. The van der Waals surface area contributed by atoms with E-state index in [1.165, 1.54) is 10.5 Å². The van der Waals surface area contributed by atoms with Crippen LogP contribution in [-0.2, 0) is 9.59 Å². The number of aryl methyl sites for hydroxylation is 1. The van der Waals surface area contributed by atoms with Crippen molar-refractivity contribution < 1.29 is 18.9 Å². The molecule has 0 spiro atoms.